The van der Waals surface area contributed by atoms with Crippen LogP contribution in [0.5, 0.6) is 0 Å². The lowest BCUT2D eigenvalue weighted by Gasteiger charge is -2.29. The third-order valence-corrected chi connectivity index (χ3v) is 14.4. The number of benzene rings is 9. The van der Waals surface area contributed by atoms with Crippen LogP contribution >= 0.6 is 0 Å². The molecule has 9 aromatic carbocycles. The third kappa shape index (κ3) is 7.61. The lowest BCUT2D eigenvalue weighted by molar-refractivity contribution is 1.09. The van der Waals surface area contributed by atoms with E-state index < -0.39 is 0 Å². The summed E-state index contributed by atoms with van der Waals surface area (Å²) in [6.45, 7) is 4.48. The van der Waals surface area contributed by atoms with Crippen molar-refractivity contribution in [3.8, 4) is 27.9 Å². The second-order valence-corrected chi connectivity index (χ2v) is 18.5. The van der Waals surface area contributed by atoms with E-state index >= 15 is 0 Å². The molecule has 0 unspecified atom stereocenters. The van der Waals surface area contributed by atoms with Gasteiger partial charge >= 0.3 is 0 Å². The van der Waals surface area contributed by atoms with Crippen molar-refractivity contribution in [2.24, 2.45) is 0 Å². The molecule has 0 aliphatic heterocycles. The van der Waals surface area contributed by atoms with Gasteiger partial charge in [-0.25, -0.2) is 0 Å². The zero-order valence-electron chi connectivity index (χ0n) is 40.6. The van der Waals surface area contributed by atoms with E-state index in [1.54, 1.807) is 18.6 Å². The van der Waals surface area contributed by atoms with Crippen LogP contribution in [0, 0.1) is 0 Å². The SMILES string of the molecule is CCc1ccccc1N(c1ccc2c(c1)c1ccc(N(c3ccccc3)c3ccccc3)cc1n2-c1ccc2c3ccc(-c4cncc(-c5cccnc5)c4)cc3c3nccnc3c2c1)c1ccccc1CC. The number of pyridine rings is 2. The third-order valence-electron chi connectivity index (χ3n) is 14.4. The standard InChI is InChI=1S/C66H49N7/c1-3-44-16-11-13-23-61(44)72(62-24-14-12-17-45(62)4-2)53-28-32-63-58(38-53)57-31-27-54(71(50-19-7-5-8-20-50)51-21-9-6-10-22-51)40-64(57)73(63)52-26-30-56-55-29-25-46(37-59(55)65-66(60(56)39-52)70-35-34-69-65)48-36-49(43-68-42-48)47-18-15-33-67-41-47/h5-43H,3-4H2,1-2H3. The van der Waals surface area contributed by atoms with Crippen molar-refractivity contribution >= 4 is 88.5 Å². The van der Waals surface area contributed by atoms with E-state index in [4.69, 9.17) is 9.97 Å². The van der Waals surface area contributed by atoms with Gasteiger partial charge in [0.1, 0.15) is 0 Å². The molecule has 0 atom stereocenters. The zero-order valence-corrected chi connectivity index (χ0v) is 40.6. The Labute approximate surface area is 424 Å². The number of fused-ring (bicyclic) bond motifs is 9. The number of rotatable bonds is 11. The number of para-hydroxylation sites is 4. The van der Waals surface area contributed by atoms with Gasteiger partial charge in [0.25, 0.3) is 0 Å². The van der Waals surface area contributed by atoms with E-state index in [0.717, 1.165) is 118 Å². The molecule has 348 valence electrons. The Morgan fingerprint density at radius 2 is 0.932 bits per heavy atom. The molecule has 13 aromatic rings. The smallest absolute Gasteiger partial charge is 0.0972 e. The minimum absolute atomic E-state index is 0.856. The van der Waals surface area contributed by atoms with Crippen LogP contribution in [-0.4, -0.2) is 24.5 Å². The monoisotopic (exact) mass is 939 g/mol. The highest BCUT2D eigenvalue weighted by Crippen LogP contribution is 2.45. The number of nitrogens with zero attached hydrogens (tertiary/aromatic N) is 7. The molecule has 0 amide bonds. The molecule has 13 rings (SSSR count). The summed E-state index contributed by atoms with van der Waals surface area (Å²) in [5, 5.41) is 6.64. The number of aryl methyl sites for hydroxylation is 2. The van der Waals surface area contributed by atoms with E-state index in [1.807, 2.05) is 24.7 Å². The Bertz CT molecular complexity index is 4080. The average Bonchev–Trinajstić information content (AvgIpc) is 3.79. The minimum atomic E-state index is 0.856. The molecule has 0 radical (unpaired) electrons. The molecule has 0 saturated heterocycles. The molecule has 0 bridgehead atoms. The van der Waals surface area contributed by atoms with E-state index in [2.05, 4.69) is 232 Å². The lowest BCUT2D eigenvalue weighted by Crippen LogP contribution is -2.14. The van der Waals surface area contributed by atoms with Gasteiger partial charge in [-0.05, 0) is 137 Å². The Hall–Kier alpha value is -9.46. The first-order chi connectivity index (χ1) is 36.1. The summed E-state index contributed by atoms with van der Waals surface area (Å²) < 4.78 is 2.44. The fourth-order valence-electron chi connectivity index (χ4n) is 10.9. The molecule has 73 heavy (non-hydrogen) atoms. The molecular formula is C66H49N7. The number of hydrogen-bond donors (Lipinski definition) is 0. The van der Waals surface area contributed by atoms with Crippen molar-refractivity contribution in [1.29, 1.82) is 0 Å². The van der Waals surface area contributed by atoms with Gasteiger partial charge in [0.15, 0.2) is 0 Å². The van der Waals surface area contributed by atoms with Crippen LogP contribution in [0.3, 0.4) is 0 Å². The summed E-state index contributed by atoms with van der Waals surface area (Å²) in [6.07, 6.45) is 12.9. The summed E-state index contributed by atoms with van der Waals surface area (Å²) >= 11 is 0. The first kappa shape index (κ1) is 43.6. The predicted molar refractivity (Wildman–Crippen MR) is 303 cm³/mol. The molecular weight excluding hydrogens is 891 g/mol. The van der Waals surface area contributed by atoms with Crippen molar-refractivity contribution in [3.05, 3.63) is 248 Å². The second-order valence-electron chi connectivity index (χ2n) is 18.5. The van der Waals surface area contributed by atoms with Crippen molar-refractivity contribution < 1.29 is 0 Å². The summed E-state index contributed by atoms with van der Waals surface area (Å²) in [6, 6.07) is 72.6. The molecule has 0 aliphatic carbocycles. The topological polar surface area (TPSA) is 63.0 Å². The zero-order chi connectivity index (χ0) is 48.8. The molecule has 7 heteroatoms. The second kappa shape index (κ2) is 18.4. The van der Waals surface area contributed by atoms with E-state index in [1.165, 1.54) is 22.5 Å². The Morgan fingerprint density at radius 3 is 1.59 bits per heavy atom. The van der Waals surface area contributed by atoms with Crippen LogP contribution in [0.4, 0.5) is 34.1 Å². The summed E-state index contributed by atoms with van der Waals surface area (Å²) in [7, 11) is 0. The molecule has 4 aromatic heterocycles. The maximum Gasteiger partial charge on any atom is 0.0972 e. The van der Waals surface area contributed by atoms with Crippen LogP contribution in [0.15, 0.2) is 237 Å². The maximum absolute atomic E-state index is 5.08. The largest absolute Gasteiger partial charge is 0.310 e. The van der Waals surface area contributed by atoms with E-state index in [9.17, 15) is 0 Å². The van der Waals surface area contributed by atoms with Crippen LogP contribution < -0.4 is 9.80 Å². The Kier molecular flexibility index (Phi) is 11.0. The van der Waals surface area contributed by atoms with E-state index in [-0.39, 0.29) is 0 Å². The van der Waals surface area contributed by atoms with Crippen molar-refractivity contribution in [3.63, 3.8) is 0 Å². The lowest BCUT2D eigenvalue weighted by atomic mass is 9.95. The normalized spacial score (nSPS) is 11.5. The first-order valence-corrected chi connectivity index (χ1v) is 25.0. The van der Waals surface area contributed by atoms with E-state index in [0.29, 0.717) is 0 Å². The van der Waals surface area contributed by atoms with Gasteiger partial charge in [0.05, 0.1) is 22.1 Å². The quantitative estimate of drug-likeness (QED) is 0.120. The highest BCUT2D eigenvalue weighted by Gasteiger charge is 2.23. The molecule has 0 N–H and O–H groups in total. The molecule has 4 heterocycles. The molecule has 0 saturated carbocycles. The maximum atomic E-state index is 5.08. The number of aromatic nitrogens is 5. The minimum Gasteiger partial charge on any atom is -0.310 e. The van der Waals surface area contributed by atoms with Crippen LogP contribution in [0.25, 0.3) is 82.3 Å². The van der Waals surface area contributed by atoms with Crippen molar-refractivity contribution in [2.45, 2.75) is 26.7 Å². The average molecular weight is 940 g/mol. The highest BCUT2D eigenvalue weighted by atomic mass is 15.2. The fourth-order valence-corrected chi connectivity index (χ4v) is 10.9. The predicted octanol–water partition coefficient (Wildman–Crippen LogP) is 17.2. The van der Waals surface area contributed by atoms with Gasteiger partial charge in [0.2, 0.25) is 0 Å². The summed E-state index contributed by atoms with van der Waals surface area (Å²) in [4.78, 5) is 23.9. The molecule has 0 aliphatic rings. The first-order valence-electron chi connectivity index (χ1n) is 25.0. The van der Waals surface area contributed by atoms with Crippen LogP contribution in [0.2, 0.25) is 0 Å². The molecule has 0 spiro atoms. The molecule has 0 fully saturated rings. The number of anilines is 6. The van der Waals surface area contributed by atoms with Gasteiger partial charge in [-0.3, -0.25) is 19.9 Å². The van der Waals surface area contributed by atoms with Gasteiger partial charge in [-0.15, -0.1) is 0 Å². The summed E-state index contributed by atoms with van der Waals surface area (Å²) in [5.74, 6) is 0. The van der Waals surface area contributed by atoms with Crippen LogP contribution in [-0.2, 0) is 12.8 Å². The fraction of sp³-hybridized carbons (Fsp3) is 0.0606. The van der Waals surface area contributed by atoms with Crippen LogP contribution in [0.1, 0.15) is 25.0 Å². The van der Waals surface area contributed by atoms with Crippen molar-refractivity contribution in [2.75, 3.05) is 9.80 Å². The van der Waals surface area contributed by atoms with Gasteiger partial charge in [-0.2, -0.15) is 0 Å². The van der Waals surface area contributed by atoms with Gasteiger partial charge in [-0.1, -0.05) is 117 Å². The van der Waals surface area contributed by atoms with Crippen molar-refractivity contribution in [1.82, 2.24) is 24.5 Å². The highest BCUT2D eigenvalue weighted by molar-refractivity contribution is 6.24. The molecule has 7 nitrogen and oxygen atoms in total. The van der Waals surface area contributed by atoms with Gasteiger partial charge in [0, 0.05) is 115 Å². The Balaban J connectivity index is 1.04. The summed E-state index contributed by atoms with van der Waals surface area (Å²) in [5.41, 5.74) is 18.4. The number of hydrogen-bond acceptors (Lipinski definition) is 6. The van der Waals surface area contributed by atoms with Gasteiger partial charge < -0.3 is 14.4 Å². The Morgan fingerprint density at radius 1 is 0.356 bits per heavy atom.